The predicted octanol–water partition coefficient (Wildman–Crippen LogP) is 5.66. The zero-order valence-electron chi connectivity index (χ0n) is 20.9. The molecule has 6 heteroatoms. The molecule has 0 aromatic heterocycles. The molecule has 1 amide bonds. The number of nitriles is 1. The third-order valence-corrected chi connectivity index (χ3v) is 6.18. The Bertz CT molecular complexity index is 1300. The predicted molar refractivity (Wildman–Crippen MR) is 141 cm³/mol. The first-order chi connectivity index (χ1) is 17.5. The van der Waals surface area contributed by atoms with Crippen LogP contribution in [0.3, 0.4) is 0 Å². The van der Waals surface area contributed by atoms with Crippen LogP contribution in [-0.4, -0.2) is 32.8 Å². The molecule has 0 saturated carbocycles. The summed E-state index contributed by atoms with van der Waals surface area (Å²) in [6.07, 6.45) is 3.09. The molecule has 0 N–H and O–H groups in total. The maximum atomic E-state index is 13.1. The molecule has 0 radical (unpaired) electrons. The van der Waals surface area contributed by atoms with Crippen LogP contribution >= 0.6 is 0 Å². The molecule has 1 heterocycles. The normalized spacial score (nSPS) is 12.6. The van der Waals surface area contributed by atoms with E-state index in [1.807, 2.05) is 62.4 Å². The quantitative estimate of drug-likeness (QED) is 0.224. The zero-order valence-corrected chi connectivity index (χ0v) is 20.9. The van der Waals surface area contributed by atoms with Crippen LogP contribution in [0.25, 0.3) is 6.08 Å². The standard InChI is InChI=1S/C30H30N2O4/c1-21-8-6-9-22(2)29(21)36-17-7-16-35-27-13-12-23(19-28(27)34-3)18-25(20-31)30(33)32-15-14-24-10-4-5-11-26(24)32/h4-6,8-13,18-19H,7,14-17H2,1-3H3/b25-18+. The molecule has 0 atom stereocenters. The SMILES string of the molecule is COc1cc(/C=C(\C#N)C(=O)N2CCc3ccccc32)ccc1OCCCOc1c(C)cccc1C. The summed E-state index contributed by atoms with van der Waals surface area (Å²) < 4.78 is 17.4. The highest BCUT2D eigenvalue weighted by molar-refractivity contribution is 6.12. The van der Waals surface area contributed by atoms with Gasteiger partial charge in [0, 0.05) is 18.7 Å². The molecule has 0 bridgehead atoms. The number of methoxy groups -OCH3 is 1. The average Bonchev–Trinajstić information content (AvgIpc) is 3.33. The van der Waals surface area contributed by atoms with Crippen LogP contribution in [0.15, 0.2) is 66.2 Å². The smallest absolute Gasteiger partial charge is 0.268 e. The van der Waals surface area contributed by atoms with Gasteiger partial charge in [0.2, 0.25) is 0 Å². The number of hydrogen-bond acceptors (Lipinski definition) is 5. The molecule has 0 spiro atoms. The minimum atomic E-state index is -0.300. The molecular weight excluding hydrogens is 452 g/mol. The summed E-state index contributed by atoms with van der Waals surface area (Å²) in [6, 6.07) is 21.3. The first kappa shape index (κ1) is 24.9. The highest BCUT2D eigenvalue weighted by atomic mass is 16.5. The molecule has 0 saturated heterocycles. The van der Waals surface area contributed by atoms with Crippen molar-refractivity contribution in [2.45, 2.75) is 26.7 Å². The van der Waals surface area contributed by atoms with Crippen LogP contribution in [0.5, 0.6) is 17.2 Å². The fraction of sp³-hybridized carbons (Fsp3) is 0.267. The third-order valence-electron chi connectivity index (χ3n) is 6.18. The zero-order chi connectivity index (χ0) is 25.5. The molecule has 1 aliphatic rings. The number of nitrogens with zero attached hydrogens (tertiary/aromatic N) is 2. The molecule has 36 heavy (non-hydrogen) atoms. The number of carbonyl (C=O) groups excluding carboxylic acids is 1. The lowest BCUT2D eigenvalue weighted by Crippen LogP contribution is -2.29. The topological polar surface area (TPSA) is 71.8 Å². The van der Waals surface area contributed by atoms with E-state index < -0.39 is 0 Å². The van der Waals surface area contributed by atoms with Crippen LogP contribution < -0.4 is 19.1 Å². The largest absolute Gasteiger partial charge is 0.493 e. The fourth-order valence-corrected chi connectivity index (χ4v) is 4.34. The van der Waals surface area contributed by atoms with E-state index in [0.717, 1.165) is 34.5 Å². The van der Waals surface area contributed by atoms with E-state index in [-0.39, 0.29) is 11.5 Å². The summed E-state index contributed by atoms with van der Waals surface area (Å²) in [5.74, 6) is 1.76. The Morgan fingerprint density at radius 3 is 2.50 bits per heavy atom. The average molecular weight is 483 g/mol. The molecule has 6 nitrogen and oxygen atoms in total. The van der Waals surface area contributed by atoms with Gasteiger partial charge in [0.05, 0.1) is 20.3 Å². The lowest BCUT2D eigenvalue weighted by atomic mass is 10.1. The Balaban J connectivity index is 1.38. The minimum Gasteiger partial charge on any atom is -0.493 e. The number of para-hydroxylation sites is 2. The van der Waals surface area contributed by atoms with E-state index in [0.29, 0.717) is 43.2 Å². The number of aryl methyl sites for hydroxylation is 2. The van der Waals surface area contributed by atoms with Crippen molar-refractivity contribution in [3.05, 3.63) is 88.5 Å². The van der Waals surface area contributed by atoms with Crippen LogP contribution in [0.1, 0.15) is 28.7 Å². The number of anilines is 1. The van der Waals surface area contributed by atoms with Crippen molar-refractivity contribution in [1.29, 1.82) is 5.26 Å². The minimum absolute atomic E-state index is 0.0751. The van der Waals surface area contributed by atoms with Crippen LogP contribution in [-0.2, 0) is 11.2 Å². The van der Waals surface area contributed by atoms with E-state index in [1.165, 1.54) is 0 Å². The summed E-state index contributed by atoms with van der Waals surface area (Å²) in [5.41, 5.74) is 4.98. The van der Waals surface area contributed by atoms with Crippen molar-refractivity contribution < 1.29 is 19.0 Å². The summed E-state index contributed by atoms with van der Waals surface area (Å²) in [5, 5.41) is 9.70. The van der Waals surface area contributed by atoms with Gasteiger partial charge in [-0.3, -0.25) is 4.79 Å². The second kappa shape index (κ2) is 11.5. The van der Waals surface area contributed by atoms with E-state index >= 15 is 0 Å². The fourth-order valence-electron chi connectivity index (χ4n) is 4.34. The van der Waals surface area contributed by atoms with Crippen molar-refractivity contribution in [3.8, 4) is 23.3 Å². The maximum absolute atomic E-state index is 13.1. The Hall–Kier alpha value is -4.24. The Labute approximate surface area is 212 Å². The first-order valence-electron chi connectivity index (χ1n) is 12.0. The van der Waals surface area contributed by atoms with Gasteiger partial charge in [0.1, 0.15) is 17.4 Å². The maximum Gasteiger partial charge on any atom is 0.268 e. The van der Waals surface area contributed by atoms with Crippen LogP contribution in [0, 0.1) is 25.2 Å². The van der Waals surface area contributed by atoms with Crippen molar-refractivity contribution >= 4 is 17.7 Å². The Kier molecular flexibility index (Phi) is 7.92. The van der Waals surface area contributed by atoms with Crippen LogP contribution in [0.2, 0.25) is 0 Å². The van der Waals surface area contributed by atoms with Gasteiger partial charge in [0.15, 0.2) is 11.5 Å². The molecule has 0 aliphatic carbocycles. The Morgan fingerprint density at radius 1 is 1.00 bits per heavy atom. The summed E-state index contributed by atoms with van der Waals surface area (Å²) in [4.78, 5) is 14.7. The highest BCUT2D eigenvalue weighted by Gasteiger charge is 2.26. The van der Waals surface area contributed by atoms with Gasteiger partial charge >= 0.3 is 0 Å². The van der Waals surface area contributed by atoms with Crippen molar-refractivity contribution in [3.63, 3.8) is 0 Å². The molecular formula is C30H30N2O4. The van der Waals surface area contributed by atoms with Gasteiger partial charge in [-0.2, -0.15) is 5.26 Å². The number of carbonyl (C=O) groups is 1. The third kappa shape index (κ3) is 5.52. The van der Waals surface area contributed by atoms with Crippen LogP contribution in [0.4, 0.5) is 5.69 Å². The summed E-state index contributed by atoms with van der Waals surface area (Å²) in [6.45, 7) is 5.65. The second-order valence-electron chi connectivity index (χ2n) is 8.69. The van der Waals surface area contributed by atoms with Gasteiger partial charge < -0.3 is 19.1 Å². The van der Waals surface area contributed by atoms with E-state index in [9.17, 15) is 10.1 Å². The molecule has 3 aromatic rings. The number of ether oxygens (including phenoxy) is 3. The molecule has 4 rings (SSSR count). The number of benzene rings is 3. The monoisotopic (exact) mass is 482 g/mol. The number of rotatable bonds is 9. The molecule has 3 aromatic carbocycles. The highest BCUT2D eigenvalue weighted by Crippen LogP contribution is 2.31. The van der Waals surface area contributed by atoms with Gasteiger partial charge in [-0.15, -0.1) is 0 Å². The van der Waals surface area contributed by atoms with Crippen molar-refractivity contribution in [2.24, 2.45) is 0 Å². The number of fused-ring (bicyclic) bond motifs is 1. The molecule has 0 unspecified atom stereocenters. The molecule has 184 valence electrons. The lowest BCUT2D eigenvalue weighted by Gasteiger charge is -2.17. The Morgan fingerprint density at radius 2 is 1.75 bits per heavy atom. The second-order valence-corrected chi connectivity index (χ2v) is 8.69. The summed E-state index contributed by atoms with van der Waals surface area (Å²) >= 11 is 0. The number of hydrogen-bond donors (Lipinski definition) is 0. The van der Waals surface area contributed by atoms with Gasteiger partial charge in [0.25, 0.3) is 5.91 Å². The number of amides is 1. The lowest BCUT2D eigenvalue weighted by molar-refractivity contribution is -0.114. The van der Waals surface area contributed by atoms with Crippen molar-refractivity contribution in [2.75, 3.05) is 31.8 Å². The summed E-state index contributed by atoms with van der Waals surface area (Å²) in [7, 11) is 1.57. The van der Waals surface area contributed by atoms with Gasteiger partial charge in [-0.05, 0) is 66.8 Å². The van der Waals surface area contributed by atoms with E-state index in [1.54, 1.807) is 30.2 Å². The molecule has 1 aliphatic heterocycles. The van der Waals surface area contributed by atoms with Gasteiger partial charge in [-0.1, -0.05) is 42.5 Å². The van der Waals surface area contributed by atoms with Gasteiger partial charge in [-0.25, -0.2) is 0 Å². The van der Waals surface area contributed by atoms with Crippen molar-refractivity contribution in [1.82, 2.24) is 0 Å². The first-order valence-corrected chi connectivity index (χ1v) is 12.0. The van der Waals surface area contributed by atoms with E-state index in [2.05, 4.69) is 6.07 Å². The van der Waals surface area contributed by atoms with E-state index in [4.69, 9.17) is 14.2 Å². The molecule has 0 fully saturated rings.